The number of nitrogens with one attached hydrogen (secondary N) is 1. The summed E-state index contributed by atoms with van der Waals surface area (Å²) in [4.78, 5) is 10.8. The van der Waals surface area contributed by atoms with Gasteiger partial charge < -0.3 is 15.8 Å². The van der Waals surface area contributed by atoms with E-state index in [1.54, 1.807) is 18.2 Å². The molecule has 0 aliphatic carbocycles. The third-order valence-electron chi connectivity index (χ3n) is 1.89. The molecule has 4 nitrogen and oxygen atoms in total. The Morgan fingerprint density at radius 1 is 1.60 bits per heavy atom. The van der Waals surface area contributed by atoms with E-state index in [0.717, 1.165) is 5.69 Å². The molecule has 0 aromatic heterocycles. The minimum atomic E-state index is -0.261. The minimum absolute atomic E-state index is 0.261. The average Bonchev–Trinajstić information content (AvgIpc) is 2.23. The number of methoxy groups -OCH3 is 1. The summed E-state index contributed by atoms with van der Waals surface area (Å²) in [6, 6.07) is 5.14. The van der Waals surface area contributed by atoms with Crippen LogP contribution in [0.15, 0.2) is 18.2 Å². The van der Waals surface area contributed by atoms with Crippen LogP contribution in [0, 0.1) is 0 Å². The summed E-state index contributed by atoms with van der Waals surface area (Å²) in [5.74, 6) is -0.261. The molecule has 15 heavy (non-hydrogen) atoms. The maximum Gasteiger partial charge on any atom is 0.307 e. The van der Waals surface area contributed by atoms with Gasteiger partial charge in [-0.15, -0.1) is 0 Å². The van der Waals surface area contributed by atoms with Crippen LogP contribution in [0.4, 0.5) is 11.4 Å². The van der Waals surface area contributed by atoms with Gasteiger partial charge in [0.25, 0.3) is 0 Å². The zero-order valence-corrected chi connectivity index (χ0v) is 9.17. The second-order valence-electron chi connectivity index (χ2n) is 2.98. The Bertz CT molecular complexity index is 355. The van der Waals surface area contributed by atoms with Gasteiger partial charge in [0.1, 0.15) is 0 Å². The van der Waals surface area contributed by atoms with Crippen molar-refractivity contribution >= 4 is 28.9 Å². The molecule has 0 aliphatic rings. The van der Waals surface area contributed by atoms with Crippen molar-refractivity contribution in [2.45, 2.75) is 6.42 Å². The third-order valence-corrected chi connectivity index (χ3v) is 2.12. The second-order valence-corrected chi connectivity index (χ2v) is 3.42. The van der Waals surface area contributed by atoms with Crippen LogP contribution < -0.4 is 11.1 Å². The number of ether oxygens (including phenoxy) is 1. The van der Waals surface area contributed by atoms with Gasteiger partial charge in [-0.2, -0.15) is 0 Å². The average molecular weight is 229 g/mol. The van der Waals surface area contributed by atoms with Gasteiger partial charge in [0, 0.05) is 11.6 Å². The van der Waals surface area contributed by atoms with Gasteiger partial charge in [-0.25, -0.2) is 0 Å². The Balaban J connectivity index is 2.50. The van der Waals surface area contributed by atoms with Crippen LogP contribution in [0.1, 0.15) is 6.42 Å². The molecule has 0 atom stereocenters. The second kappa shape index (κ2) is 5.46. The number of hydrogen-bond acceptors (Lipinski definition) is 4. The van der Waals surface area contributed by atoms with Crippen LogP contribution in [-0.4, -0.2) is 19.6 Å². The Morgan fingerprint density at radius 2 is 2.33 bits per heavy atom. The van der Waals surface area contributed by atoms with E-state index in [4.69, 9.17) is 17.3 Å². The van der Waals surface area contributed by atoms with Crippen LogP contribution in [0.25, 0.3) is 0 Å². The van der Waals surface area contributed by atoms with Crippen molar-refractivity contribution in [3.63, 3.8) is 0 Å². The van der Waals surface area contributed by atoms with E-state index in [9.17, 15) is 4.79 Å². The van der Waals surface area contributed by atoms with Crippen LogP contribution in [0.2, 0.25) is 5.02 Å². The molecule has 0 spiro atoms. The van der Waals surface area contributed by atoms with E-state index in [-0.39, 0.29) is 5.97 Å². The highest BCUT2D eigenvalue weighted by molar-refractivity contribution is 6.31. The summed E-state index contributed by atoms with van der Waals surface area (Å²) in [7, 11) is 1.36. The lowest BCUT2D eigenvalue weighted by Gasteiger charge is -2.08. The van der Waals surface area contributed by atoms with Crippen LogP contribution in [0.3, 0.4) is 0 Å². The SMILES string of the molecule is COC(=O)CCNc1cc(Cl)ccc1N. The number of esters is 1. The molecule has 0 radical (unpaired) electrons. The monoisotopic (exact) mass is 228 g/mol. The Morgan fingerprint density at radius 3 is 3.00 bits per heavy atom. The first-order chi connectivity index (χ1) is 7.13. The fourth-order valence-electron chi connectivity index (χ4n) is 1.08. The first-order valence-electron chi connectivity index (χ1n) is 4.49. The van der Waals surface area contributed by atoms with Crippen molar-refractivity contribution in [1.82, 2.24) is 0 Å². The molecule has 0 saturated carbocycles. The number of hydrogen-bond donors (Lipinski definition) is 2. The molecule has 0 heterocycles. The molecule has 0 bridgehead atoms. The smallest absolute Gasteiger partial charge is 0.307 e. The van der Waals surface area contributed by atoms with Crippen molar-refractivity contribution in [3.8, 4) is 0 Å². The van der Waals surface area contributed by atoms with E-state index in [1.807, 2.05) is 0 Å². The maximum atomic E-state index is 10.8. The van der Waals surface area contributed by atoms with Crippen molar-refractivity contribution in [3.05, 3.63) is 23.2 Å². The number of anilines is 2. The van der Waals surface area contributed by atoms with Crippen molar-refractivity contribution in [1.29, 1.82) is 0 Å². The van der Waals surface area contributed by atoms with Crippen LogP contribution in [0.5, 0.6) is 0 Å². The molecule has 5 heteroatoms. The molecule has 0 unspecified atom stereocenters. The minimum Gasteiger partial charge on any atom is -0.469 e. The zero-order chi connectivity index (χ0) is 11.3. The van der Waals surface area contributed by atoms with Gasteiger partial charge in [0.05, 0.1) is 24.9 Å². The Kier molecular flexibility index (Phi) is 4.24. The topological polar surface area (TPSA) is 64.3 Å². The molecule has 1 aromatic carbocycles. The van der Waals surface area contributed by atoms with E-state index in [1.165, 1.54) is 7.11 Å². The number of nitrogens with two attached hydrogens (primary N) is 1. The molecule has 82 valence electrons. The third kappa shape index (κ3) is 3.67. The molecule has 0 aliphatic heterocycles. The van der Waals surface area contributed by atoms with Crippen molar-refractivity contribution in [2.24, 2.45) is 0 Å². The van der Waals surface area contributed by atoms with Crippen molar-refractivity contribution in [2.75, 3.05) is 24.7 Å². The van der Waals surface area contributed by atoms with Crippen molar-refractivity contribution < 1.29 is 9.53 Å². The summed E-state index contributed by atoms with van der Waals surface area (Å²) in [6.45, 7) is 0.469. The number of benzene rings is 1. The molecule has 0 amide bonds. The van der Waals surface area contributed by atoms with E-state index in [0.29, 0.717) is 23.7 Å². The fraction of sp³-hybridized carbons (Fsp3) is 0.300. The quantitative estimate of drug-likeness (QED) is 0.610. The highest BCUT2D eigenvalue weighted by Crippen LogP contribution is 2.22. The van der Waals surface area contributed by atoms with E-state index in [2.05, 4.69) is 10.1 Å². The number of rotatable bonds is 4. The van der Waals surface area contributed by atoms with Crippen LogP contribution >= 0.6 is 11.6 Å². The lowest BCUT2D eigenvalue weighted by atomic mass is 10.2. The molecular formula is C10H13ClN2O2. The Labute approximate surface area is 93.4 Å². The van der Waals surface area contributed by atoms with E-state index >= 15 is 0 Å². The van der Waals surface area contributed by atoms with Crippen LogP contribution in [-0.2, 0) is 9.53 Å². The lowest BCUT2D eigenvalue weighted by Crippen LogP contribution is -2.10. The standard InChI is InChI=1S/C10H13ClN2O2/c1-15-10(14)4-5-13-9-6-7(11)2-3-8(9)12/h2-3,6,13H,4-5,12H2,1H3. The Hall–Kier alpha value is -1.42. The normalized spacial score (nSPS) is 9.73. The fourth-order valence-corrected chi connectivity index (χ4v) is 1.25. The number of halogens is 1. The number of carbonyl (C=O) groups is 1. The molecule has 1 rings (SSSR count). The highest BCUT2D eigenvalue weighted by Gasteiger charge is 2.02. The molecule has 1 aromatic rings. The maximum absolute atomic E-state index is 10.8. The highest BCUT2D eigenvalue weighted by atomic mass is 35.5. The zero-order valence-electron chi connectivity index (χ0n) is 8.42. The molecular weight excluding hydrogens is 216 g/mol. The van der Waals surface area contributed by atoms with Gasteiger partial charge in [-0.3, -0.25) is 4.79 Å². The summed E-state index contributed by atoms with van der Waals surface area (Å²) in [5, 5.41) is 3.61. The largest absolute Gasteiger partial charge is 0.469 e. The predicted octanol–water partition coefficient (Wildman–Crippen LogP) is 1.90. The summed E-state index contributed by atoms with van der Waals surface area (Å²) < 4.78 is 4.51. The molecule has 0 saturated heterocycles. The van der Waals surface area contributed by atoms with E-state index < -0.39 is 0 Å². The first kappa shape index (κ1) is 11.7. The number of nitrogen functional groups attached to an aromatic ring is 1. The van der Waals surface area contributed by atoms with Gasteiger partial charge >= 0.3 is 5.97 Å². The van der Waals surface area contributed by atoms with Gasteiger partial charge in [-0.1, -0.05) is 11.6 Å². The number of carbonyl (C=O) groups excluding carboxylic acids is 1. The summed E-state index contributed by atoms with van der Waals surface area (Å²) >= 11 is 5.80. The molecule has 3 N–H and O–H groups in total. The van der Waals surface area contributed by atoms with Gasteiger partial charge in [-0.05, 0) is 18.2 Å². The summed E-state index contributed by atoms with van der Waals surface area (Å²) in [5.41, 5.74) is 7.03. The lowest BCUT2D eigenvalue weighted by molar-refractivity contribution is -0.140. The van der Waals surface area contributed by atoms with Gasteiger partial charge in [0.2, 0.25) is 0 Å². The predicted molar refractivity (Wildman–Crippen MR) is 61.0 cm³/mol. The van der Waals surface area contributed by atoms with Gasteiger partial charge in [0.15, 0.2) is 0 Å². The first-order valence-corrected chi connectivity index (χ1v) is 4.87. The summed E-state index contributed by atoms with van der Waals surface area (Å²) in [6.07, 6.45) is 0.294. The molecule has 0 fully saturated rings.